The third-order valence-electron chi connectivity index (χ3n) is 3.88. The van der Waals surface area contributed by atoms with Gasteiger partial charge in [0.15, 0.2) is 11.6 Å². The van der Waals surface area contributed by atoms with Crippen molar-refractivity contribution in [1.82, 2.24) is 9.97 Å². The van der Waals surface area contributed by atoms with E-state index in [4.69, 9.17) is 0 Å². The third kappa shape index (κ3) is 2.98. The number of hydrogen-bond donors (Lipinski definition) is 1. The van der Waals surface area contributed by atoms with E-state index in [-0.39, 0.29) is 5.82 Å². The van der Waals surface area contributed by atoms with Crippen molar-refractivity contribution in [1.29, 1.82) is 0 Å². The van der Waals surface area contributed by atoms with Crippen LogP contribution in [0, 0.1) is 11.7 Å². The summed E-state index contributed by atoms with van der Waals surface area (Å²) in [6, 6.07) is 0.335. The normalized spacial score (nSPS) is 24.6. The molecule has 0 aromatic carbocycles. The molecule has 1 heterocycles. The van der Waals surface area contributed by atoms with Gasteiger partial charge in [0, 0.05) is 6.04 Å². The Balaban J connectivity index is 2.12. The molecular formula is C14H22FN3. The molecule has 2 unspecified atom stereocenters. The average molecular weight is 251 g/mol. The first-order chi connectivity index (χ1) is 8.72. The smallest absolute Gasteiger partial charge is 0.186 e. The molecule has 0 radical (unpaired) electrons. The van der Waals surface area contributed by atoms with E-state index in [1.807, 2.05) is 6.92 Å². The van der Waals surface area contributed by atoms with Crippen LogP contribution in [0.25, 0.3) is 0 Å². The van der Waals surface area contributed by atoms with Crippen LogP contribution in [0.2, 0.25) is 0 Å². The lowest BCUT2D eigenvalue weighted by Gasteiger charge is -2.23. The first kappa shape index (κ1) is 13.2. The molecule has 0 aliphatic heterocycles. The quantitative estimate of drug-likeness (QED) is 0.835. The van der Waals surface area contributed by atoms with E-state index in [2.05, 4.69) is 22.2 Å². The zero-order valence-electron chi connectivity index (χ0n) is 11.2. The highest BCUT2D eigenvalue weighted by molar-refractivity contribution is 5.38. The number of aryl methyl sites for hydroxylation is 1. The lowest BCUT2D eigenvalue weighted by Crippen LogP contribution is -2.27. The number of aromatic nitrogens is 2. The molecule has 1 fully saturated rings. The first-order valence-corrected chi connectivity index (χ1v) is 6.98. The molecule has 0 amide bonds. The van der Waals surface area contributed by atoms with Gasteiger partial charge in [-0.1, -0.05) is 33.1 Å². The van der Waals surface area contributed by atoms with Crippen molar-refractivity contribution in [2.75, 3.05) is 5.32 Å². The van der Waals surface area contributed by atoms with E-state index in [0.717, 1.165) is 6.42 Å². The molecule has 0 spiro atoms. The van der Waals surface area contributed by atoms with Gasteiger partial charge in [-0.15, -0.1) is 0 Å². The van der Waals surface area contributed by atoms with E-state index in [0.29, 0.717) is 29.9 Å². The monoisotopic (exact) mass is 251 g/mol. The van der Waals surface area contributed by atoms with Gasteiger partial charge in [0.1, 0.15) is 6.33 Å². The highest BCUT2D eigenvalue weighted by Crippen LogP contribution is 2.26. The molecule has 2 rings (SSSR count). The van der Waals surface area contributed by atoms with Gasteiger partial charge in [-0.05, 0) is 25.2 Å². The summed E-state index contributed by atoms with van der Waals surface area (Å²) in [6.07, 6.45) is 8.15. The predicted octanol–water partition coefficient (Wildman–Crippen LogP) is 3.56. The molecule has 18 heavy (non-hydrogen) atoms. The lowest BCUT2D eigenvalue weighted by molar-refractivity contribution is 0.452. The first-order valence-electron chi connectivity index (χ1n) is 6.98. The highest BCUT2D eigenvalue weighted by Gasteiger charge is 2.21. The average Bonchev–Trinajstić information content (AvgIpc) is 2.57. The second-order valence-electron chi connectivity index (χ2n) is 5.20. The summed E-state index contributed by atoms with van der Waals surface area (Å²) in [5.41, 5.74) is 0.494. The molecule has 2 atom stereocenters. The van der Waals surface area contributed by atoms with Crippen LogP contribution in [0.1, 0.15) is 51.6 Å². The minimum absolute atomic E-state index is 0.281. The maximum absolute atomic E-state index is 14.1. The number of hydrogen-bond acceptors (Lipinski definition) is 3. The largest absolute Gasteiger partial charge is 0.365 e. The Hall–Kier alpha value is -1.19. The van der Waals surface area contributed by atoms with Crippen molar-refractivity contribution in [2.45, 2.75) is 58.4 Å². The zero-order valence-corrected chi connectivity index (χ0v) is 11.2. The van der Waals surface area contributed by atoms with E-state index in [1.165, 1.54) is 32.0 Å². The fraction of sp³-hybridized carbons (Fsp3) is 0.714. The van der Waals surface area contributed by atoms with Gasteiger partial charge in [0.05, 0.1) is 5.69 Å². The molecule has 1 aliphatic rings. The third-order valence-corrected chi connectivity index (χ3v) is 3.88. The molecule has 0 bridgehead atoms. The molecular weight excluding hydrogens is 229 g/mol. The molecule has 100 valence electrons. The Morgan fingerprint density at radius 1 is 1.28 bits per heavy atom. The summed E-state index contributed by atoms with van der Waals surface area (Å²) in [7, 11) is 0. The molecule has 1 N–H and O–H groups in total. The highest BCUT2D eigenvalue weighted by atomic mass is 19.1. The van der Waals surface area contributed by atoms with Gasteiger partial charge >= 0.3 is 0 Å². The van der Waals surface area contributed by atoms with Crippen LogP contribution in [0.4, 0.5) is 10.2 Å². The van der Waals surface area contributed by atoms with Gasteiger partial charge in [-0.25, -0.2) is 14.4 Å². The summed E-state index contributed by atoms with van der Waals surface area (Å²) < 4.78 is 14.1. The van der Waals surface area contributed by atoms with E-state index >= 15 is 0 Å². The molecule has 1 aromatic heterocycles. The Labute approximate surface area is 108 Å². The number of nitrogens with zero attached hydrogens (tertiary/aromatic N) is 2. The van der Waals surface area contributed by atoms with Crippen molar-refractivity contribution >= 4 is 5.82 Å². The Morgan fingerprint density at radius 3 is 2.83 bits per heavy atom. The van der Waals surface area contributed by atoms with E-state index < -0.39 is 0 Å². The molecule has 3 nitrogen and oxygen atoms in total. The number of rotatable bonds is 3. The van der Waals surface area contributed by atoms with Crippen molar-refractivity contribution in [3.05, 3.63) is 17.8 Å². The van der Waals surface area contributed by atoms with Crippen LogP contribution in [0.15, 0.2) is 6.33 Å². The van der Waals surface area contributed by atoms with Crippen LogP contribution < -0.4 is 5.32 Å². The van der Waals surface area contributed by atoms with Gasteiger partial charge < -0.3 is 5.32 Å². The Kier molecular flexibility index (Phi) is 4.50. The summed E-state index contributed by atoms with van der Waals surface area (Å²) >= 11 is 0. The van der Waals surface area contributed by atoms with Gasteiger partial charge in [0.2, 0.25) is 0 Å². The number of nitrogens with one attached hydrogen (secondary N) is 1. The van der Waals surface area contributed by atoms with Gasteiger partial charge in [-0.3, -0.25) is 0 Å². The van der Waals surface area contributed by atoms with Crippen LogP contribution in [0.3, 0.4) is 0 Å². The maximum atomic E-state index is 14.1. The van der Waals surface area contributed by atoms with Crippen LogP contribution in [-0.4, -0.2) is 16.0 Å². The van der Waals surface area contributed by atoms with E-state index in [9.17, 15) is 4.39 Å². The van der Waals surface area contributed by atoms with Crippen molar-refractivity contribution in [3.8, 4) is 0 Å². The van der Waals surface area contributed by atoms with Crippen molar-refractivity contribution in [3.63, 3.8) is 0 Å². The molecule has 1 saturated carbocycles. The zero-order chi connectivity index (χ0) is 13.0. The van der Waals surface area contributed by atoms with Crippen LogP contribution in [0.5, 0.6) is 0 Å². The summed E-state index contributed by atoms with van der Waals surface area (Å²) in [5, 5.41) is 3.29. The summed E-state index contributed by atoms with van der Waals surface area (Å²) in [4.78, 5) is 8.01. The van der Waals surface area contributed by atoms with Crippen molar-refractivity contribution < 1.29 is 4.39 Å². The van der Waals surface area contributed by atoms with Gasteiger partial charge in [0.25, 0.3) is 0 Å². The molecule has 4 heteroatoms. The topological polar surface area (TPSA) is 37.8 Å². The van der Waals surface area contributed by atoms with Crippen LogP contribution in [-0.2, 0) is 6.42 Å². The summed E-state index contributed by atoms with van der Waals surface area (Å²) in [5.74, 6) is 0.670. The standard InChI is InChI=1S/C14H22FN3/c1-3-11-13(15)14(17-9-16-11)18-12-8-6-4-5-7-10(12)2/h9-10,12H,3-8H2,1-2H3,(H,16,17,18). The maximum Gasteiger partial charge on any atom is 0.186 e. The minimum Gasteiger partial charge on any atom is -0.365 e. The lowest BCUT2D eigenvalue weighted by atomic mass is 9.97. The summed E-state index contributed by atoms with van der Waals surface area (Å²) in [6.45, 7) is 4.15. The Bertz CT molecular complexity index is 395. The second-order valence-corrected chi connectivity index (χ2v) is 5.20. The number of anilines is 1. The van der Waals surface area contributed by atoms with Gasteiger partial charge in [-0.2, -0.15) is 0 Å². The fourth-order valence-electron chi connectivity index (χ4n) is 2.64. The fourth-order valence-corrected chi connectivity index (χ4v) is 2.64. The second kappa shape index (κ2) is 6.12. The minimum atomic E-state index is -0.281. The predicted molar refractivity (Wildman–Crippen MR) is 71.0 cm³/mol. The van der Waals surface area contributed by atoms with Crippen LogP contribution >= 0.6 is 0 Å². The Morgan fingerprint density at radius 2 is 2.06 bits per heavy atom. The van der Waals surface area contributed by atoms with E-state index in [1.54, 1.807) is 0 Å². The molecule has 0 saturated heterocycles. The van der Waals surface area contributed by atoms with Crippen molar-refractivity contribution in [2.24, 2.45) is 5.92 Å². The SMILES string of the molecule is CCc1ncnc(NC2CCCCCC2C)c1F. The molecule has 1 aliphatic carbocycles. The number of halogens is 1. The molecule has 1 aromatic rings.